The van der Waals surface area contributed by atoms with Gasteiger partial charge in [-0.2, -0.15) is 5.26 Å². The minimum atomic E-state index is 0.113. The third-order valence-corrected chi connectivity index (χ3v) is 2.59. The average Bonchev–Trinajstić information content (AvgIpc) is 2.94. The average molecular weight is 199 g/mol. The lowest BCUT2D eigenvalue weighted by atomic mass is 10.5. The van der Waals surface area contributed by atoms with E-state index in [4.69, 9.17) is 10.4 Å². The zero-order valence-electron chi connectivity index (χ0n) is 7.60. The second kappa shape index (κ2) is 5.10. The van der Waals surface area contributed by atoms with E-state index in [0.717, 1.165) is 18.0 Å². The predicted molar refractivity (Wildman–Crippen MR) is 53.4 cm³/mol. The van der Waals surface area contributed by atoms with Crippen molar-refractivity contribution in [2.24, 2.45) is 4.99 Å². The molecule has 0 radical (unpaired) electrons. The molecule has 72 valence electrons. The van der Waals surface area contributed by atoms with Crippen molar-refractivity contribution in [1.82, 2.24) is 4.90 Å². The van der Waals surface area contributed by atoms with E-state index in [2.05, 4.69) is 4.99 Å². The lowest BCUT2D eigenvalue weighted by Gasteiger charge is -2.22. The molecule has 0 unspecified atom stereocenters. The van der Waals surface area contributed by atoms with Crippen LogP contribution in [0.3, 0.4) is 0 Å². The quantitative estimate of drug-likeness (QED) is 0.412. The lowest BCUT2D eigenvalue weighted by Crippen LogP contribution is -2.33. The second-order valence-corrected chi connectivity index (χ2v) is 3.62. The summed E-state index contributed by atoms with van der Waals surface area (Å²) in [6.45, 7) is 0.688. The van der Waals surface area contributed by atoms with Crippen molar-refractivity contribution in [2.75, 3.05) is 19.4 Å². The summed E-state index contributed by atoms with van der Waals surface area (Å²) in [7, 11) is 0. The van der Waals surface area contributed by atoms with Gasteiger partial charge < -0.3 is 10.0 Å². The van der Waals surface area contributed by atoms with Gasteiger partial charge in [0.05, 0.1) is 6.61 Å². The number of hydrogen-bond donors (Lipinski definition) is 1. The molecule has 1 fully saturated rings. The maximum Gasteiger partial charge on any atom is 0.208 e. The van der Waals surface area contributed by atoms with Gasteiger partial charge in [0.2, 0.25) is 6.19 Å². The highest BCUT2D eigenvalue weighted by atomic mass is 32.2. The SMILES string of the molecule is CSC(=NC#N)N(CCO)C1CC1. The highest BCUT2D eigenvalue weighted by Crippen LogP contribution is 2.28. The van der Waals surface area contributed by atoms with E-state index < -0.39 is 0 Å². The summed E-state index contributed by atoms with van der Waals surface area (Å²) in [5, 5.41) is 18.0. The first-order valence-corrected chi connectivity index (χ1v) is 5.44. The van der Waals surface area contributed by atoms with Crippen LogP contribution < -0.4 is 0 Å². The maximum absolute atomic E-state index is 8.84. The molecular formula is C8H13N3OS. The Labute approximate surface area is 82.3 Å². The number of rotatable bonds is 3. The normalized spacial score (nSPS) is 16.8. The first kappa shape index (κ1) is 10.4. The first-order chi connectivity index (χ1) is 6.33. The molecule has 1 rings (SSSR count). The summed E-state index contributed by atoms with van der Waals surface area (Å²) in [4.78, 5) is 5.73. The monoisotopic (exact) mass is 199 g/mol. The van der Waals surface area contributed by atoms with Gasteiger partial charge in [0, 0.05) is 12.6 Å². The number of amidine groups is 1. The zero-order valence-corrected chi connectivity index (χ0v) is 8.42. The van der Waals surface area contributed by atoms with Crippen molar-refractivity contribution in [2.45, 2.75) is 18.9 Å². The standard InChI is InChI=1S/C8H13N3OS/c1-13-8(10-6-9)11(4-5-12)7-2-3-7/h7,12H,2-5H2,1H3. The van der Waals surface area contributed by atoms with E-state index >= 15 is 0 Å². The fraction of sp³-hybridized carbons (Fsp3) is 0.750. The van der Waals surface area contributed by atoms with Gasteiger partial charge in [-0.3, -0.25) is 0 Å². The summed E-state index contributed by atoms with van der Waals surface area (Å²) in [6, 6.07) is 0.492. The van der Waals surface area contributed by atoms with Gasteiger partial charge in [0.1, 0.15) is 0 Å². The van der Waals surface area contributed by atoms with Gasteiger partial charge in [0.15, 0.2) is 5.17 Å². The van der Waals surface area contributed by atoms with E-state index in [1.54, 1.807) is 6.19 Å². The van der Waals surface area contributed by atoms with Crippen LogP contribution in [0, 0.1) is 11.5 Å². The van der Waals surface area contributed by atoms with Crippen LogP contribution >= 0.6 is 11.8 Å². The Morgan fingerprint density at radius 1 is 1.77 bits per heavy atom. The van der Waals surface area contributed by atoms with Gasteiger partial charge in [-0.25, -0.2) is 0 Å². The number of nitrogens with zero attached hydrogens (tertiary/aromatic N) is 3. The highest BCUT2D eigenvalue weighted by Gasteiger charge is 2.30. The van der Waals surface area contributed by atoms with Crippen LogP contribution in [0.2, 0.25) is 0 Å². The van der Waals surface area contributed by atoms with Crippen molar-refractivity contribution in [3.63, 3.8) is 0 Å². The Hall–Kier alpha value is -0.730. The molecule has 4 nitrogen and oxygen atoms in total. The minimum absolute atomic E-state index is 0.113. The van der Waals surface area contributed by atoms with Crippen LogP contribution in [-0.4, -0.2) is 40.6 Å². The topological polar surface area (TPSA) is 59.6 Å². The predicted octanol–water partition coefficient (Wildman–Crippen LogP) is 0.643. The maximum atomic E-state index is 8.84. The molecule has 1 saturated carbocycles. The Kier molecular flexibility index (Phi) is 4.06. The molecule has 1 aliphatic carbocycles. The largest absolute Gasteiger partial charge is 0.395 e. The molecule has 0 aromatic heterocycles. The molecule has 5 heteroatoms. The number of aliphatic hydroxyl groups is 1. The molecule has 0 atom stereocenters. The van der Waals surface area contributed by atoms with Crippen molar-refractivity contribution in [3.05, 3.63) is 0 Å². The molecule has 0 aromatic carbocycles. The van der Waals surface area contributed by atoms with Crippen LogP contribution in [0.15, 0.2) is 4.99 Å². The molecule has 1 aliphatic rings. The van der Waals surface area contributed by atoms with Crippen LogP contribution in [-0.2, 0) is 0 Å². The molecule has 0 spiro atoms. The summed E-state index contributed by atoms with van der Waals surface area (Å²) in [6.07, 6.45) is 5.96. The number of thioether (sulfide) groups is 1. The molecule has 0 saturated heterocycles. The van der Waals surface area contributed by atoms with Gasteiger partial charge in [-0.1, -0.05) is 11.8 Å². The van der Waals surface area contributed by atoms with E-state index in [9.17, 15) is 0 Å². The summed E-state index contributed by atoms with van der Waals surface area (Å²) < 4.78 is 0. The summed E-state index contributed by atoms with van der Waals surface area (Å²) in [5.41, 5.74) is 0. The van der Waals surface area contributed by atoms with Crippen molar-refractivity contribution < 1.29 is 5.11 Å². The molecule has 0 aliphatic heterocycles. The highest BCUT2D eigenvalue weighted by molar-refractivity contribution is 8.13. The third kappa shape index (κ3) is 2.90. The third-order valence-electron chi connectivity index (χ3n) is 1.90. The first-order valence-electron chi connectivity index (χ1n) is 4.21. The molecule has 0 aromatic rings. The molecule has 0 bridgehead atoms. The Morgan fingerprint density at radius 3 is 2.85 bits per heavy atom. The Balaban J connectivity index is 2.60. The molecule has 1 N–H and O–H groups in total. The van der Waals surface area contributed by atoms with E-state index in [1.807, 2.05) is 11.2 Å². The van der Waals surface area contributed by atoms with Crippen LogP contribution in [0.5, 0.6) is 0 Å². The van der Waals surface area contributed by atoms with Crippen molar-refractivity contribution in [1.29, 1.82) is 5.26 Å². The van der Waals surface area contributed by atoms with E-state index in [1.165, 1.54) is 11.8 Å². The van der Waals surface area contributed by atoms with Gasteiger partial charge in [0.25, 0.3) is 0 Å². The van der Waals surface area contributed by atoms with Crippen molar-refractivity contribution >= 4 is 16.9 Å². The number of nitriles is 1. The lowest BCUT2D eigenvalue weighted by molar-refractivity contribution is 0.248. The second-order valence-electron chi connectivity index (χ2n) is 2.85. The van der Waals surface area contributed by atoms with Gasteiger partial charge >= 0.3 is 0 Å². The van der Waals surface area contributed by atoms with E-state index in [0.29, 0.717) is 12.6 Å². The Bertz CT molecular complexity index is 232. The number of hydrogen-bond acceptors (Lipinski definition) is 4. The van der Waals surface area contributed by atoms with E-state index in [-0.39, 0.29) is 6.61 Å². The fourth-order valence-corrected chi connectivity index (χ4v) is 1.81. The van der Waals surface area contributed by atoms with Crippen LogP contribution in [0.25, 0.3) is 0 Å². The smallest absolute Gasteiger partial charge is 0.208 e. The van der Waals surface area contributed by atoms with Crippen LogP contribution in [0.1, 0.15) is 12.8 Å². The molecule has 0 amide bonds. The Morgan fingerprint density at radius 2 is 2.46 bits per heavy atom. The molecular weight excluding hydrogens is 186 g/mol. The van der Waals surface area contributed by atoms with Gasteiger partial charge in [-0.15, -0.1) is 4.99 Å². The van der Waals surface area contributed by atoms with Crippen molar-refractivity contribution in [3.8, 4) is 6.19 Å². The van der Waals surface area contributed by atoms with Gasteiger partial charge in [-0.05, 0) is 19.1 Å². The molecule has 13 heavy (non-hydrogen) atoms. The summed E-state index contributed by atoms with van der Waals surface area (Å²) >= 11 is 1.45. The minimum Gasteiger partial charge on any atom is -0.395 e. The number of aliphatic imine (C=N–C) groups is 1. The number of aliphatic hydroxyl groups excluding tert-OH is 1. The summed E-state index contributed by atoms with van der Waals surface area (Å²) in [5.74, 6) is 0. The van der Waals surface area contributed by atoms with Crippen LogP contribution in [0.4, 0.5) is 0 Å². The fourth-order valence-electron chi connectivity index (χ4n) is 1.20. The molecule has 0 heterocycles. The zero-order chi connectivity index (χ0) is 9.68.